The van der Waals surface area contributed by atoms with E-state index >= 15 is 0 Å². The molecule has 0 radical (unpaired) electrons. The monoisotopic (exact) mass is 266 g/mol. The molecule has 0 aliphatic carbocycles. The number of fused-ring (bicyclic) bond motifs is 1. The van der Waals surface area contributed by atoms with Gasteiger partial charge in [0.05, 0.1) is 12.5 Å². The number of carbonyl (C=O) groups is 1. The molecule has 0 aliphatic rings. The van der Waals surface area contributed by atoms with E-state index in [1.54, 1.807) is 4.90 Å². The highest BCUT2D eigenvalue weighted by Crippen LogP contribution is 2.19. The molecule has 0 bridgehead atoms. The van der Waals surface area contributed by atoms with Crippen LogP contribution in [0.25, 0.3) is 10.8 Å². The lowest BCUT2D eigenvalue weighted by molar-refractivity contribution is -0.129. The van der Waals surface area contributed by atoms with Gasteiger partial charge in [0.25, 0.3) is 0 Å². The molecule has 3 heteroatoms. The maximum atomic E-state index is 12.3. The molecule has 0 saturated carbocycles. The van der Waals surface area contributed by atoms with Crippen LogP contribution < -0.4 is 0 Å². The van der Waals surface area contributed by atoms with Crippen molar-refractivity contribution in [3.05, 3.63) is 48.0 Å². The van der Waals surface area contributed by atoms with Crippen molar-refractivity contribution in [3.8, 4) is 6.07 Å². The molecule has 0 aromatic heterocycles. The summed E-state index contributed by atoms with van der Waals surface area (Å²) in [5.41, 5.74) is 1.02. The lowest BCUT2D eigenvalue weighted by atomic mass is 10.0. The molecule has 2 rings (SSSR count). The van der Waals surface area contributed by atoms with E-state index in [1.807, 2.05) is 49.4 Å². The number of hydrogen-bond donors (Lipinski definition) is 0. The van der Waals surface area contributed by atoms with Gasteiger partial charge in [-0.2, -0.15) is 5.26 Å². The lowest BCUT2D eigenvalue weighted by Crippen LogP contribution is -2.33. The van der Waals surface area contributed by atoms with Gasteiger partial charge in [0, 0.05) is 6.54 Å². The quantitative estimate of drug-likeness (QED) is 0.780. The SMILES string of the molecule is CCCN(CC#N)C(=O)Cc1cccc2ccccc12. The summed E-state index contributed by atoms with van der Waals surface area (Å²) < 4.78 is 0. The van der Waals surface area contributed by atoms with Crippen LogP contribution in [0.5, 0.6) is 0 Å². The second-order valence-electron chi connectivity index (χ2n) is 4.79. The van der Waals surface area contributed by atoms with E-state index in [9.17, 15) is 4.79 Å². The summed E-state index contributed by atoms with van der Waals surface area (Å²) in [4.78, 5) is 13.9. The Balaban J connectivity index is 2.23. The average molecular weight is 266 g/mol. The molecular formula is C17H18N2O. The third-order valence-corrected chi connectivity index (χ3v) is 3.33. The van der Waals surface area contributed by atoms with Gasteiger partial charge < -0.3 is 4.90 Å². The Hall–Kier alpha value is -2.34. The topological polar surface area (TPSA) is 44.1 Å². The highest BCUT2D eigenvalue weighted by Gasteiger charge is 2.14. The van der Waals surface area contributed by atoms with Crippen LogP contribution in [0.4, 0.5) is 0 Å². The largest absolute Gasteiger partial charge is 0.329 e. The van der Waals surface area contributed by atoms with E-state index in [0.717, 1.165) is 22.8 Å². The van der Waals surface area contributed by atoms with Gasteiger partial charge in [0.15, 0.2) is 0 Å². The molecule has 1 amide bonds. The lowest BCUT2D eigenvalue weighted by Gasteiger charge is -2.19. The summed E-state index contributed by atoms with van der Waals surface area (Å²) in [5.74, 6) is 0.0183. The van der Waals surface area contributed by atoms with Crippen LogP contribution in [0, 0.1) is 11.3 Å². The number of benzene rings is 2. The summed E-state index contributed by atoms with van der Waals surface area (Å²) in [6, 6.07) is 16.1. The fraction of sp³-hybridized carbons (Fsp3) is 0.294. The minimum absolute atomic E-state index is 0.0183. The maximum absolute atomic E-state index is 12.3. The van der Waals surface area contributed by atoms with Crippen LogP contribution in [0.15, 0.2) is 42.5 Å². The van der Waals surface area contributed by atoms with Gasteiger partial charge in [-0.3, -0.25) is 4.79 Å². The molecule has 0 N–H and O–H groups in total. The Kier molecular flexibility index (Phi) is 4.73. The molecule has 2 aromatic carbocycles. The first-order valence-corrected chi connectivity index (χ1v) is 6.87. The Morgan fingerprint density at radius 3 is 2.70 bits per heavy atom. The van der Waals surface area contributed by atoms with Crippen molar-refractivity contribution >= 4 is 16.7 Å². The van der Waals surface area contributed by atoms with Crippen LogP contribution >= 0.6 is 0 Å². The Morgan fingerprint density at radius 2 is 1.95 bits per heavy atom. The first-order chi connectivity index (χ1) is 9.76. The zero-order chi connectivity index (χ0) is 14.4. The molecule has 0 saturated heterocycles. The van der Waals surface area contributed by atoms with Gasteiger partial charge >= 0.3 is 0 Å². The van der Waals surface area contributed by atoms with Gasteiger partial charge in [-0.1, -0.05) is 49.4 Å². The molecule has 102 valence electrons. The highest BCUT2D eigenvalue weighted by atomic mass is 16.2. The van der Waals surface area contributed by atoms with E-state index in [4.69, 9.17) is 5.26 Å². The van der Waals surface area contributed by atoms with E-state index in [2.05, 4.69) is 6.07 Å². The molecule has 0 fully saturated rings. The summed E-state index contributed by atoms with van der Waals surface area (Å²) in [5, 5.41) is 11.1. The molecule has 0 heterocycles. The number of nitrogens with zero attached hydrogens (tertiary/aromatic N) is 2. The predicted octanol–water partition coefficient (Wildman–Crippen LogP) is 3.14. The fourth-order valence-corrected chi connectivity index (χ4v) is 2.37. The number of carbonyl (C=O) groups excluding carboxylic acids is 1. The van der Waals surface area contributed by atoms with Crippen LogP contribution in [0.2, 0.25) is 0 Å². The molecule has 0 spiro atoms. The minimum atomic E-state index is 0.0183. The summed E-state index contributed by atoms with van der Waals surface area (Å²) in [7, 11) is 0. The second-order valence-corrected chi connectivity index (χ2v) is 4.79. The normalized spacial score (nSPS) is 10.2. The third kappa shape index (κ3) is 3.16. The smallest absolute Gasteiger partial charge is 0.227 e. The van der Waals surface area contributed by atoms with Crippen molar-refractivity contribution < 1.29 is 4.79 Å². The van der Waals surface area contributed by atoms with Gasteiger partial charge in [-0.15, -0.1) is 0 Å². The number of hydrogen-bond acceptors (Lipinski definition) is 2. The van der Waals surface area contributed by atoms with Crippen molar-refractivity contribution in [1.82, 2.24) is 4.90 Å². The highest BCUT2D eigenvalue weighted by molar-refractivity contribution is 5.90. The standard InChI is InChI=1S/C17H18N2O/c1-2-11-19(12-10-18)17(20)13-15-8-5-7-14-6-3-4-9-16(14)15/h3-9H,2,11-13H2,1H3. The van der Waals surface area contributed by atoms with Gasteiger partial charge in [-0.25, -0.2) is 0 Å². The summed E-state index contributed by atoms with van der Waals surface area (Å²) in [6.07, 6.45) is 1.21. The maximum Gasteiger partial charge on any atom is 0.227 e. The Bertz CT molecular complexity index is 637. The number of rotatable bonds is 5. The Labute approximate surface area is 119 Å². The van der Waals surface area contributed by atoms with Crippen molar-refractivity contribution in [1.29, 1.82) is 5.26 Å². The number of amides is 1. The first kappa shape index (κ1) is 14.1. The average Bonchev–Trinajstić information content (AvgIpc) is 2.47. The Morgan fingerprint density at radius 1 is 1.20 bits per heavy atom. The van der Waals surface area contributed by atoms with Crippen LogP contribution in [0.1, 0.15) is 18.9 Å². The van der Waals surface area contributed by atoms with E-state index in [1.165, 1.54) is 0 Å². The van der Waals surface area contributed by atoms with Gasteiger partial charge in [0.1, 0.15) is 6.54 Å². The molecular weight excluding hydrogens is 248 g/mol. The minimum Gasteiger partial charge on any atom is -0.329 e. The molecule has 0 aliphatic heterocycles. The summed E-state index contributed by atoms with van der Waals surface area (Å²) >= 11 is 0. The van der Waals surface area contributed by atoms with Crippen molar-refractivity contribution in [3.63, 3.8) is 0 Å². The zero-order valence-electron chi connectivity index (χ0n) is 11.7. The van der Waals surface area contributed by atoms with Gasteiger partial charge in [-0.05, 0) is 22.8 Å². The summed E-state index contributed by atoms with van der Waals surface area (Å²) in [6.45, 7) is 2.81. The second kappa shape index (κ2) is 6.72. The molecule has 0 unspecified atom stereocenters. The first-order valence-electron chi connectivity index (χ1n) is 6.87. The van der Waals surface area contributed by atoms with Crippen molar-refractivity contribution in [2.45, 2.75) is 19.8 Å². The van der Waals surface area contributed by atoms with E-state index in [0.29, 0.717) is 13.0 Å². The fourth-order valence-electron chi connectivity index (χ4n) is 2.37. The molecule has 3 nitrogen and oxygen atoms in total. The van der Waals surface area contributed by atoms with Crippen LogP contribution in [-0.4, -0.2) is 23.9 Å². The molecule has 2 aromatic rings. The van der Waals surface area contributed by atoms with Crippen LogP contribution in [0.3, 0.4) is 0 Å². The zero-order valence-corrected chi connectivity index (χ0v) is 11.7. The van der Waals surface area contributed by atoms with E-state index < -0.39 is 0 Å². The molecule has 20 heavy (non-hydrogen) atoms. The predicted molar refractivity (Wildman–Crippen MR) is 80.1 cm³/mol. The van der Waals surface area contributed by atoms with E-state index in [-0.39, 0.29) is 12.5 Å². The number of nitriles is 1. The van der Waals surface area contributed by atoms with Crippen molar-refractivity contribution in [2.75, 3.05) is 13.1 Å². The van der Waals surface area contributed by atoms with Crippen molar-refractivity contribution in [2.24, 2.45) is 0 Å². The van der Waals surface area contributed by atoms with Gasteiger partial charge in [0.2, 0.25) is 5.91 Å². The third-order valence-electron chi connectivity index (χ3n) is 3.33. The molecule has 0 atom stereocenters. The van der Waals surface area contributed by atoms with Crippen LogP contribution in [-0.2, 0) is 11.2 Å².